The molecule has 2 aromatic heterocycles. The first kappa shape index (κ1) is 20.0. The van der Waals surface area contributed by atoms with Crippen LogP contribution in [0.3, 0.4) is 0 Å². The van der Waals surface area contributed by atoms with Crippen LogP contribution in [0.25, 0.3) is 21.3 Å². The van der Waals surface area contributed by atoms with Gasteiger partial charge in [-0.15, -0.1) is 0 Å². The zero-order valence-electron chi connectivity index (χ0n) is 16.2. The van der Waals surface area contributed by atoms with Crippen molar-refractivity contribution in [1.29, 1.82) is 0 Å². The minimum atomic E-state index is -3.72. The van der Waals surface area contributed by atoms with E-state index in [-0.39, 0.29) is 10.8 Å². The monoisotopic (exact) mass is 438 g/mol. The van der Waals surface area contributed by atoms with Gasteiger partial charge in [0.05, 0.1) is 26.5 Å². The number of amides is 1. The number of fused-ring (bicyclic) bond motifs is 1. The Morgan fingerprint density at radius 3 is 2.53 bits per heavy atom. The fraction of sp³-hybridized carbons (Fsp3) is 0.0952. The van der Waals surface area contributed by atoms with E-state index in [2.05, 4.69) is 20.0 Å². The quantitative estimate of drug-likeness (QED) is 0.480. The summed E-state index contributed by atoms with van der Waals surface area (Å²) in [5, 5.41) is 3.23. The van der Waals surface area contributed by atoms with Gasteiger partial charge in [0, 0.05) is 18.7 Å². The lowest BCUT2D eigenvalue weighted by molar-refractivity contribution is -0.114. The summed E-state index contributed by atoms with van der Waals surface area (Å²) < 4.78 is 28.9. The zero-order chi connectivity index (χ0) is 21.3. The molecular weight excluding hydrogens is 420 g/mol. The summed E-state index contributed by atoms with van der Waals surface area (Å²) >= 11 is 1.37. The summed E-state index contributed by atoms with van der Waals surface area (Å²) in [6, 6.07) is 15.7. The molecule has 0 radical (unpaired) electrons. The first-order chi connectivity index (χ1) is 14.3. The van der Waals surface area contributed by atoms with E-state index < -0.39 is 10.0 Å². The Bertz CT molecular complexity index is 1350. The van der Waals surface area contributed by atoms with Crippen molar-refractivity contribution in [2.24, 2.45) is 0 Å². The topological polar surface area (TPSA) is 101 Å². The molecule has 0 saturated heterocycles. The van der Waals surface area contributed by atoms with Crippen molar-refractivity contribution >= 4 is 48.3 Å². The molecule has 0 aliphatic rings. The van der Waals surface area contributed by atoms with E-state index >= 15 is 0 Å². The van der Waals surface area contributed by atoms with Crippen molar-refractivity contribution in [2.75, 3.05) is 10.0 Å². The molecule has 2 heterocycles. The van der Waals surface area contributed by atoms with Gasteiger partial charge in [-0.3, -0.25) is 14.5 Å². The predicted molar refractivity (Wildman–Crippen MR) is 119 cm³/mol. The van der Waals surface area contributed by atoms with Gasteiger partial charge in [0.2, 0.25) is 5.91 Å². The Labute approximate surface area is 177 Å². The molecule has 0 unspecified atom stereocenters. The average molecular weight is 439 g/mol. The predicted octanol–water partition coefficient (Wildman–Crippen LogP) is 4.43. The second kappa shape index (κ2) is 7.85. The number of sulfonamides is 1. The maximum Gasteiger partial charge on any atom is 0.261 e. The number of hydrogen-bond acceptors (Lipinski definition) is 6. The van der Waals surface area contributed by atoms with Gasteiger partial charge in [0.15, 0.2) is 5.13 Å². The zero-order valence-corrected chi connectivity index (χ0v) is 17.8. The number of aryl methyl sites for hydroxylation is 1. The highest BCUT2D eigenvalue weighted by Gasteiger charge is 2.16. The van der Waals surface area contributed by atoms with Crippen molar-refractivity contribution < 1.29 is 13.2 Å². The molecule has 4 aromatic rings. The second-order valence-corrected chi connectivity index (χ2v) is 9.37. The Hall–Kier alpha value is -3.30. The smallest absolute Gasteiger partial charge is 0.261 e. The number of rotatable bonds is 5. The first-order valence-corrected chi connectivity index (χ1v) is 11.3. The Balaban J connectivity index is 1.68. The molecule has 152 valence electrons. The molecule has 0 atom stereocenters. The minimum Gasteiger partial charge on any atom is -0.302 e. The van der Waals surface area contributed by atoms with E-state index in [1.54, 1.807) is 49.5 Å². The number of hydrogen-bond donors (Lipinski definition) is 2. The first-order valence-electron chi connectivity index (χ1n) is 9.05. The second-order valence-electron chi connectivity index (χ2n) is 6.66. The molecule has 7 nitrogen and oxygen atoms in total. The fourth-order valence-corrected chi connectivity index (χ4v) is 4.99. The molecule has 2 N–H and O–H groups in total. The van der Waals surface area contributed by atoms with Crippen molar-refractivity contribution in [3.8, 4) is 11.1 Å². The van der Waals surface area contributed by atoms with E-state index in [1.807, 2.05) is 18.2 Å². The Morgan fingerprint density at radius 1 is 1.03 bits per heavy atom. The summed E-state index contributed by atoms with van der Waals surface area (Å²) in [6.07, 6.45) is 1.70. The van der Waals surface area contributed by atoms with E-state index in [0.717, 1.165) is 21.3 Å². The fourth-order valence-electron chi connectivity index (χ4n) is 2.91. The molecule has 1 amide bonds. The SMILES string of the molecule is CC(=O)Nc1nc2ccc(-c3cnc(C)c(NS(=O)(=O)c4ccccc4)c3)cc2s1. The van der Waals surface area contributed by atoms with Crippen molar-refractivity contribution in [1.82, 2.24) is 9.97 Å². The molecule has 0 spiro atoms. The van der Waals surface area contributed by atoms with Crippen LogP contribution < -0.4 is 10.0 Å². The number of aromatic nitrogens is 2. The normalized spacial score (nSPS) is 11.4. The van der Waals surface area contributed by atoms with Crippen LogP contribution in [-0.2, 0) is 14.8 Å². The number of nitrogens with zero attached hydrogens (tertiary/aromatic N) is 2. The lowest BCUT2D eigenvalue weighted by Gasteiger charge is -2.12. The molecule has 0 fully saturated rings. The highest BCUT2D eigenvalue weighted by atomic mass is 32.2. The maximum atomic E-state index is 12.7. The van der Waals surface area contributed by atoms with Gasteiger partial charge in [0.1, 0.15) is 0 Å². The number of carbonyl (C=O) groups is 1. The summed E-state index contributed by atoms with van der Waals surface area (Å²) in [7, 11) is -3.72. The largest absolute Gasteiger partial charge is 0.302 e. The summed E-state index contributed by atoms with van der Waals surface area (Å²) in [5.74, 6) is -0.174. The minimum absolute atomic E-state index is 0.174. The number of anilines is 2. The number of thiazole rings is 1. The summed E-state index contributed by atoms with van der Waals surface area (Å²) in [5.41, 5.74) is 3.40. The Morgan fingerprint density at radius 2 is 1.80 bits per heavy atom. The van der Waals surface area contributed by atoms with Crippen LogP contribution in [0.5, 0.6) is 0 Å². The average Bonchev–Trinajstić information content (AvgIpc) is 3.11. The third-order valence-electron chi connectivity index (χ3n) is 4.39. The van der Waals surface area contributed by atoms with Crippen LogP contribution >= 0.6 is 11.3 Å². The van der Waals surface area contributed by atoms with E-state index in [4.69, 9.17) is 0 Å². The standard InChI is InChI=1S/C21H18N4O3S2/c1-13-19(25-30(27,28)17-6-4-3-5-7-17)10-16(12-22-13)15-8-9-18-20(11-15)29-21(24-18)23-14(2)26/h3-12,25H,1-2H3,(H,23,24,26). The van der Waals surface area contributed by atoms with Crippen LogP contribution in [0.1, 0.15) is 12.6 Å². The lowest BCUT2D eigenvalue weighted by atomic mass is 10.1. The molecule has 0 aliphatic heterocycles. The summed E-state index contributed by atoms with van der Waals surface area (Å²) in [4.78, 5) is 20.2. The lowest BCUT2D eigenvalue weighted by Crippen LogP contribution is -2.14. The van der Waals surface area contributed by atoms with E-state index in [0.29, 0.717) is 16.5 Å². The molecule has 9 heteroatoms. The Kier molecular flexibility index (Phi) is 5.23. The van der Waals surface area contributed by atoms with Crippen LogP contribution in [0, 0.1) is 6.92 Å². The van der Waals surface area contributed by atoms with E-state index in [9.17, 15) is 13.2 Å². The molecule has 0 bridgehead atoms. The van der Waals surface area contributed by atoms with Crippen LogP contribution in [0.2, 0.25) is 0 Å². The third-order valence-corrected chi connectivity index (χ3v) is 6.70. The summed E-state index contributed by atoms with van der Waals surface area (Å²) in [6.45, 7) is 3.19. The molecular formula is C21H18N4O3S2. The van der Waals surface area contributed by atoms with Gasteiger partial charge in [-0.2, -0.15) is 0 Å². The number of benzene rings is 2. The highest BCUT2D eigenvalue weighted by molar-refractivity contribution is 7.92. The number of nitrogens with one attached hydrogen (secondary N) is 2. The molecule has 4 rings (SSSR count). The van der Waals surface area contributed by atoms with Crippen LogP contribution in [-0.4, -0.2) is 24.3 Å². The van der Waals surface area contributed by atoms with Gasteiger partial charge >= 0.3 is 0 Å². The van der Waals surface area contributed by atoms with Crippen LogP contribution in [0.15, 0.2) is 65.7 Å². The van der Waals surface area contributed by atoms with Gasteiger partial charge < -0.3 is 5.32 Å². The molecule has 0 aliphatic carbocycles. The molecule has 2 aromatic carbocycles. The van der Waals surface area contributed by atoms with Crippen molar-refractivity contribution in [3.05, 3.63) is 66.5 Å². The van der Waals surface area contributed by atoms with Gasteiger partial charge in [-0.1, -0.05) is 35.6 Å². The number of carbonyl (C=O) groups excluding carboxylic acids is 1. The maximum absolute atomic E-state index is 12.7. The van der Waals surface area contributed by atoms with Crippen molar-refractivity contribution in [2.45, 2.75) is 18.7 Å². The van der Waals surface area contributed by atoms with E-state index in [1.165, 1.54) is 18.3 Å². The highest BCUT2D eigenvalue weighted by Crippen LogP contribution is 2.32. The van der Waals surface area contributed by atoms with Crippen LogP contribution in [0.4, 0.5) is 10.8 Å². The molecule has 30 heavy (non-hydrogen) atoms. The number of pyridine rings is 1. The molecule has 0 saturated carbocycles. The van der Waals surface area contributed by atoms with Gasteiger partial charge in [0.25, 0.3) is 10.0 Å². The van der Waals surface area contributed by atoms with Gasteiger partial charge in [-0.05, 0) is 42.8 Å². The van der Waals surface area contributed by atoms with Gasteiger partial charge in [-0.25, -0.2) is 13.4 Å². The third kappa shape index (κ3) is 4.17. The van der Waals surface area contributed by atoms with Crippen molar-refractivity contribution in [3.63, 3.8) is 0 Å².